The van der Waals surface area contributed by atoms with Gasteiger partial charge in [0.25, 0.3) is 0 Å². The van der Waals surface area contributed by atoms with Crippen molar-refractivity contribution in [3.8, 4) is 0 Å². The third-order valence-electron chi connectivity index (χ3n) is 0.891. The van der Waals surface area contributed by atoms with E-state index >= 15 is 0 Å². The zero-order valence-corrected chi connectivity index (χ0v) is 11.2. The Labute approximate surface area is 121 Å². The number of hydrogen-bond donors (Lipinski definition) is 0. The lowest BCUT2D eigenvalue weighted by Crippen LogP contribution is -2.28. The van der Waals surface area contributed by atoms with E-state index in [4.69, 9.17) is 0 Å². The van der Waals surface area contributed by atoms with Crippen LogP contribution in [0.2, 0.25) is 0 Å². The highest BCUT2D eigenvalue weighted by Gasteiger charge is 2.30. The Bertz CT molecular complexity index is 293. The molecule has 0 N–H and O–H groups in total. The second-order valence-electron chi connectivity index (χ2n) is 2.71. The lowest BCUT2D eigenvalue weighted by molar-refractivity contribution is -0.644. The highest BCUT2D eigenvalue weighted by Crippen LogP contribution is 1.99. The fourth-order valence-corrected chi connectivity index (χ4v) is 0.378. The molecule has 22 heavy (non-hydrogen) atoms. The molecular weight excluding hydrogens is 323 g/mol. The number of hydrogen-bond acceptors (Lipinski definition) is 15. The van der Waals surface area contributed by atoms with Gasteiger partial charge in [-0.2, -0.15) is 14.4 Å². The molecule has 0 amide bonds. The summed E-state index contributed by atoms with van der Waals surface area (Å²) in [5, 5.41) is 22.5. The third kappa shape index (κ3) is 14.5. The molecule has 0 rings (SSSR count). The molecule has 0 radical (unpaired) electrons. The fourth-order valence-electron chi connectivity index (χ4n) is 0.378. The molecule has 16 heteroatoms. The minimum absolute atomic E-state index is 0.883. The molecule has 15 nitrogen and oxygen atoms in total. The molecule has 0 aromatic heterocycles. The van der Waals surface area contributed by atoms with E-state index in [2.05, 4.69) is 59.3 Å². The Morgan fingerprint density at radius 2 is 0.818 bits per heavy atom. The maximum atomic E-state index is 10.3. The largest absolute Gasteiger partial charge is 0.732 e. The van der Waals surface area contributed by atoms with Crippen LogP contribution in [0.1, 0.15) is 20.8 Å². The second-order valence-corrected chi connectivity index (χ2v) is 2.71. The van der Waals surface area contributed by atoms with Crippen LogP contribution in [-0.2, 0) is 73.7 Å². The predicted octanol–water partition coefficient (Wildman–Crippen LogP) is -0.955. The van der Waals surface area contributed by atoms with Crippen molar-refractivity contribution in [3.05, 3.63) is 0 Å². The molecular formula is C6H9BO15. The van der Waals surface area contributed by atoms with Crippen LogP contribution < -0.4 is 0 Å². The van der Waals surface area contributed by atoms with E-state index in [1.807, 2.05) is 0 Å². The maximum Gasteiger partial charge on any atom is 0.732 e. The summed E-state index contributed by atoms with van der Waals surface area (Å²) in [5.41, 5.74) is 0. The van der Waals surface area contributed by atoms with Crippen molar-refractivity contribution in [1.82, 2.24) is 0 Å². The Hall–Kier alpha value is -1.89. The van der Waals surface area contributed by atoms with Crippen LogP contribution in [0.5, 0.6) is 0 Å². The molecule has 0 aliphatic carbocycles. The van der Waals surface area contributed by atoms with E-state index in [9.17, 15) is 14.4 Å². The molecule has 0 aliphatic heterocycles. The Balaban J connectivity index is 3.93. The number of carbonyl (C=O) groups is 3. The minimum atomic E-state index is -2.10. The van der Waals surface area contributed by atoms with Gasteiger partial charge in [-0.25, -0.2) is 14.4 Å². The first-order valence-electron chi connectivity index (χ1n) is 4.93. The summed E-state index contributed by atoms with van der Waals surface area (Å²) in [7, 11) is -2.10. The summed E-state index contributed by atoms with van der Waals surface area (Å²) in [5.74, 6) is -2.65. The SMILES string of the molecule is CC(=O)OOOOB(OOOOC(C)=O)OOOOC(C)=O. The summed E-state index contributed by atoms with van der Waals surface area (Å²) >= 11 is 0. The summed E-state index contributed by atoms with van der Waals surface area (Å²) in [6, 6.07) is 0. The average Bonchev–Trinajstić information content (AvgIpc) is 2.42. The van der Waals surface area contributed by atoms with Gasteiger partial charge in [0.2, 0.25) is 0 Å². The van der Waals surface area contributed by atoms with Gasteiger partial charge < -0.3 is 0 Å². The van der Waals surface area contributed by atoms with Crippen molar-refractivity contribution < 1.29 is 73.7 Å². The van der Waals surface area contributed by atoms with E-state index in [0.717, 1.165) is 20.8 Å². The zero-order valence-electron chi connectivity index (χ0n) is 11.2. The number of carbonyl (C=O) groups excluding carboxylic acids is 3. The lowest BCUT2D eigenvalue weighted by Gasteiger charge is -2.07. The molecule has 126 valence electrons. The normalized spacial score (nSPS) is 9.95. The molecule has 0 unspecified atom stereocenters. The van der Waals surface area contributed by atoms with E-state index in [0.29, 0.717) is 0 Å². The van der Waals surface area contributed by atoms with Crippen LogP contribution in [0.3, 0.4) is 0 Å². The zero-order chi connectivity index (χ0) is 16.8. The maximum absolute atomic E-state index is 10.3. The monoisotopic (exact) mass is 332 g/mol. The molecule has 0 saturated carbocycles. The minimum Gasteiger partial charge on any atom is -0.267 e. The summed E-state index contributed by atoms with van der Waals surface area (Å²) in [6.07, 6.45) is 0. The molecule has 0 aromatic carbocycles. The Morgan fingerprint density at radius 3 is 1.05 bits per heavy atom. The van der Waals surface area contributed by atoms with Crippen molar-refractivity contribution in [2.24, 2.45) is 0 Å². The molecule has 0 spiro atoms. The van der Waals surface area contributed by atoms with Crippen LogP contribution in [0.15, 0.2) is 0 Å². The van der Waals surface area contributed by atoms with Crippen molar-refractivity contribution in [2.45, 2.75) is 20.8 Å². The van der Waals surface area contributed by atoms with Crippen LogP contribution in [0.4, 0.5) is 0 Å². The van der Waals surface area contributed by atoms with Gasteiger partial charge in [0.05, 0.1) is 0 Å². The standard InChI is InChI=1S/C6H9BO15/c1-4(8)11-17-20-14-7(15-21-18-12-5(2)9)16-22-19-13-6(3)10/h1-3H3. The summed E-state index contributed by atoms with van der Waals surface area (Å²) in [4.78, 5) is 54.6. The Kier molecular flexibility index (Phi) is 11.7. The van der Waals surface area contributed by atoms with Crippen LogP contribution in [0.25, 0.3) is 0 Å². The van der Waals surface area contributed by atoms with Crippen LogP contribution in [0, 0.1) is 0 Å². The van der Waals surface area contributed by atoms with Crippen molar-refractivity contribution >= 4 is 25.2 Å². The van der Waals surface area contributed by atoms with Gasteiger partial charge in [-0.1, -0.05) is 0 Å². The summed E-state index contributed by atoms with van der Waals surface area (Å²) in [6.45, 7) is 2.96. The molecule has 0 saturated heterocycles. The molecule has 0 fully saturated rings. The smallest absolute Gasteiger partial charge is 0.267 e. The van der Waals surface area contributed by atoms with Crippen molar-refractivity contribution in [3.63, 3.8) is 0 Å². The van der Waals surface area contributed by atoms with Gasteiger partial charge in [-0.3, -0.25) is 14.7 Å². The molecule has 0 heterocycles. The van der Waals surface area contributed by atoms with Crippen molar-refractivity contribution in [1.29, 1.82) is 0 Å². The van der Waals surface area contributed by atoms with Gasteiger partial charge >= 0.3 is 25.2 Å². The molecule has 0 aromatic rings. The third-order valence-corrected chi connectivity index (χ3v) is 0.891. The first-order valence-corrected chi connectivity index (χ1v) is 4.93. The van der Waals surface area contributed by atoms with Crippen LogP contribution in [-0.4, -0.2) is 25.2 Å². The molecule has 0 atom stereocenters. The van der Waals surface area contributed by atoms with E-state index in [-0.39, 0.29) is 0 Å². The van der Waals surface area contributed by atoms with E-state index in [1.165, 1.54) is 0 Å². The van der Waals surface area contributed by atoms with E-state index < -0.39 is 25.2 Å². The Morgan fingerprint density at radius 1 is 0.545 bits per heavy atom. The van der Waals surface area contributed by atoms with Gasteiger partial charge in [0.15, 0.2) is 0 Å². The molecule has 0 aliphatic rings. The van der Waals surface area contributed by atoms with Gasteiger partial charge in [0, 0.05) is 35.9 Å². The highest BCUT2D eigenvalue weighted by atomic mass is 17.7. The first kappa shape index (κ1) is 20.1. The fraction of sp³-hybridized carbons (Fsp3) is 0.500. The van der Waals surface area contributed by atoms with Gasteiger partial charge in [0.1, 0.15) is 0 Å². The highest BCUT2D eigenvalue weighted by molar-refractivity contribution is 6.35. The lowest BCUT2D eigenvalue weighted by atomic mass is 10.3. The molecule has 0 bridgehead atoms. The summed E-state index contributed by atoms with van der Waals surface area (Å²) < 4.78 is 0. The van der Waals surface area contributed by atoms with Crippen molar-refractivity contribution in [2.75, 3.05) is 0 Å². The van der Waals surface area contributed by atoms with Gasteiger partial charge in [-0.15, -0.1) is 0 Å². The second kappa shape index (κ2) is 12.8. The van der Waals surface area contributed by atoms with Gasteiger partial charge in [-0.05, 0) is 15.1 Å². The number of rotatable bonds is 12. The first-order chi connectivity index (χ1) is 10.4. The van der Waals surface area contributed by atoms with Crippen LogP contribution >= 0.6 is 0 Å². The van der Waals surface area contributed by atoms with E-state index in [1.54, 1.807) is 0 Å². The quantitative estimate of drug-likeness (QED) is 0.186. The predicted molar refractivity (Wildman–Crippen MR) is 50.8 cm³/mol. The average molecular weight is 332 g/mol. The topological polar surface area (TPSA) is 162 Å².